The van der Waals surface area contributed by atoms with E-state index in [0.29, 0.717) is 17.7 Å². The zero-order valence-corrected chi connectivity index (χ0v) is 11.1. The van der Waals surface area contributed by atoms with Crippen LogP contribution >= 0.6 is 0 Å². The molecule has 0 amide bonds. The summed E-state index contributed by atoms with van der Waals surface area (Å²) in [6.45, 7) is 0.0279. The number of hydrogen-bond donors (Lipinski definition) is 2. The average Bonchev–Trinajstić information content (AvgIpc) is 2.49. The van der Waals surface area contributed by atoms with Crippen LogP contribution in [0, 0.1) is 0 Å². The van der Waals surface area contributed by atoms with Crippen molar-refractivity contribution in [3.63, 3.8) is 0 Å². The zero-order valence-electron chi connectivity index (χ0n) is 11.1. The molecule has 1 aromatic heterocycles. The van der Waals surface area contributed by atoms with Crippen LogP contribution in [0.2, 0.25) is 0 Å². The molecule has 0 fully saturated rings. The lowest BCUT2D eigenvalue weighted by Gasteiger charge is -2.08. The molecule has 2 rings (SSSR count). The van der Waals surface area contributed by atoms with Crippen molar-refractivity contribution in [2.45, 2.75) is 6.42 Å². The molecule has 1 heterocycles. The number of aliphatic carboxylic acids is 1. The van der Waals surface area contributed by atoms with E-state index < -0.39 is 5.97 Å². The summed E-state index contributed by atoms with van der Waals surface area (Å²) in [6.07, 6.45) is 5.82. The number of nitrogens with zero attached hydrogens (tertiary/aromatic N) is 2. The summed E-state index contributed by atoms with van der Waals surface area (Å²) in [5.41, 5.74) is 1.42. The van der Waals surface area contributed by atoms with E-state index in [1.165, 1.54) is 18.5 Å². The topological polar surface area (TPSA) is 92.5 Å². The first kappa shape index (κ1) is 14.7. The number of rotatable bonds is 6. The van der Waals surface area contributed by atoms with Gasteiger partial charge in [-0.05, 0) is 24.1 Å². The molecule has 0 aliphatic rings. The fourth-order valence-electron chi connectivity index (χ4n) is 1.66. The molecule has 108 valence electrons. The van der Waals surface area contributed by atoms with E-state index in [4.69, 9.17) is 14.9 Å². The van der Waals surface area contributed by atoms with Crippen LogP contribution in [0.3, 0.4) is 0 Å². The molecular weight excluding hydrogens is 272 g/mol. The third kappa shape index (κ3) is 4.39. The number of aliphatic hydroxyl groups is 1. The Bertz CT molecular complexity index is 638. The van der Waals surface area contributed by atoms with Crippen molar-refractivity contribution in [3.8, 4) is 11.8 Å². The largest absolute Gasteiger partial charge is 0.478 e. The quantitative estimate of drug-likeness (QED) is 0.788. The molecule has 0 atom stereocenters. The Morgan fingerprint density at radius 1 is 1.24 bits per heavy atom. The first-order chi connectivity index (χ1) is 10.2. The maximum absolute atomic E-state index is 10.4. The summed E-state index contributed by atoms with van der Waals surface area (Å²) in [7, 11) is 0. The number of ether oxygens (including phenoxy) is 1. The van der Waals surface area contributed by atoms with Crippen molar-refractivity contribution in [1.82, 2.24) is 9.97 Å². The second kappa shape index (κ2) is 7.16. The number of aromatic nitrogens is 2. The molecular formula is C15H14N2O4. The highest BCUT2D eigenvalue weighted by molar-refractivity contribution is 5.85. The Labute approximate surface area is 121 Å². The standard InChI is InChI=1S/C15H14N2O4/c18-8-7-12-3-1-2-4-13(12)21-15-16-9-11(10-17-15)5-6-14(19)20/h1-6,9-10,18H,7-8H2,(H,19,20)/b6-5+. The van der Waals surface area contributed by atoms with Crippen LogP contribution in [-0.4, -0.2) is 32.8 Å². The van der Waals surface area contributed by atoms with Gasteiger partial charge in [-0.15, -0.1) is 0 Å². The Morgan fingerprint density at radius 3 is 2.62 bits per heavy atom. The minimum atomic E-state index is -1.03. The van der Waals surface area contributed by atoms with E-state index in [1.807, 2.05) is 18.2 Å². The van der Waals surface area contributed by atoms with Crippen molar-refractivity contribution in [2.75, 3.05) is 6.61 Å². The molecule has 6 heteroatoms. The average molecular weight is 286 g/mol. The van der Waals surface area contributed by atoms with E-state index in [0.717, 1.165) is 11.6 Å². The van der Waals surface area contributed by atoms with Gasteiger partial charge in [0.25, 0.3) is 0 Å². The second-order valence-electron chi connectivity index (χ2n) is 4.15. The van der Waals surface area contributed by atoms with Crippen molar-refractivity contribution in [2.24, 2.45) is 0 Å². The molecule has 21 heavy (non-hydrogen) atoms. The van der Waals surface area contributed by atoms with Crippen LogP contribution in [0.1, 0.15) is 11.1 Å². The summed E-state index contributed by atoms with van der Waals surface area (Å²) in [5, 5.41) is 17.5. The van der Waals surface area contributed by atoms with Crippen molar-refractivity contribution in [3.05, 3.63) is 53.9 Å². The Hall–Kier alpha value is -2.73. The normalized spacial score (nSPS) is 10.7. The summed E-state index contributed by atoms with van der Waals surface area (Å²) >= 11 is 0. The Balaban J connectivity index is 2.12. The summed E-state index contributed by atoms with van der Waals surface area (Å²) < 4.78 is 5.57. The second-order valence-corrected chi connectivity index (χ2v) is 4.15. The fraction of sp³-hybridized carbons (Fsp3) is 0.133. The van der Waals surface area contributed by atoms with Crippen LogP contribution in [0.15, 0.2) is 42.7 Å². The highest BCUT2D eigenvalue weighted by atomic mass is 16.5. The number of benzene rings is 1. The Kier molecular flexibility index (Phi) is 5.00. The summed E-state index contributed by atoms with van der Waals surface area (Å²) in [6, 6.07) is 7.47. The van der Waals surface area contributed by atoms with Gasteiger partial charge < -0.3 is 14.9 Å². The number of aliphatic hydroxyl groups excluding tert-OH is 1. The molecule has 0 saturated carbocycles. The number of para-hydroxylation sites is 1. The van der Waals surface area contributed by atoms with Gasteiger partial charge in [0.05, 0.1) is 0 Å². The van der Waals surface area contributed by atoms with Crippen LogP contribution in [0.4, 0.5) is 0 Å². The maximum Gasteiger partial charge on any atom is 0.328 e. The van der Waals surface area contributed by atoms with E-state index in [9.17, 15) is 4.79 Å². The smallest absolute Gasteiger partial charge is 0.328 e. The molecule has 2 N–H and O–H groups in total. The van der Waals surface area contributed by atoms with E-state index >= 15 is 0 Å². The predicted molar refractivity (Wildman–Crippen MR) is 76.0 cm³/mol. The van der Waals surface area contributed by atoms with Gasteiger partial charge in [0.2, 0.25) is 0 Å². The fourth-order valence-corrected chi connectivity index (χ4v) is 1.66. The van der Waals surface area contributed by atoms with Gasteiger partial charge in [0.1, 0.15) is 5.75 Å². The number of carboxylic acid groups (broad SMARTS) is 1. The van der Waals surface area contributed by atoms with E-state index in [1.54, 1.807) is 6.07 Å². The lowest BCUT2D eigenvalue weighted by Crippen LogP contribution is -1.97. The van der Waals surface area contributed by atoms with Crippen molar-refractivity contribution >= 4 is 12.0 Å². The zero-order chi connectivity index (χ0) is 15.1. The van der Waals surface area contributed by atoms with Crippen molar-refractivity contribution in [1.29, 1.82) is 0 Å². The maximum atomic E-state index is 10.4. The highest BCUT2D eigenvalue weighted by Gasteiger charge is 2.05. The van der Waals surface area contributed by atoms with Gasteiger partial charge in [-0.3, -0.25) is 0 Å². The highest BCUT2D eigenvalue weighted by Crippen LogP contribution is 2.22. The molecule has 0 saturated heterocycles. The lowest BCUT2D eigenvalue weighted by molar-refractivity contribution is -0.131. The van der Waals surface area contributed by atoms with E-state index in [-0.39, 0.29) is 12.6 Å². The third-order valence-electron chi connectivity index (χ3n) is 2.62. The number of hydrogen-bond acceptors (Lipinski definition) is 5. The molecule has 6 nitrogen and oxygen atoms in total. The van der Waals surface area contributed by atoms with Gasteiger partial charge in [-0.25, -0.2) is 14.8 Å². The van der Waals surface area contributed by atoms with Gasteiger partial charge in [0, 0.05) is 30.6 Å². The first-order valence-electron chi connectivity index (χ1n) is 6.28. The molecule has 2 aromatic rings. The minimum Gasteiger partial charge on any atom is -0.478 e. The van der Waals surface area contributed by atoms with E-state index in [2.05, 4.69) is 9.97 Å². The minimum absolute atomic E-state index is 0.0279. The molecule has 0 unspecified atom stereocenters. The van der Waals surface area contributed by atoms with Gasteiger partial charge in [-0.1, -0.05) is 18.2 Å². The molecule has 0 bridgehead atoms. The first-order valence-corrected chi connectivity index (χ1v) is 6.28. The van der Waals surface area contributed by atoms with Crippen molar-refractivity contribution < 1.29 is 19.7 Å². The summed E-state index contributed by atoms with van der Waals surface area (Å²) in [5.74, 6) is -0.450. The van der Waals surface area contributed by atoms with Gasteiger partial charge in [0.15, 0.2) is 0 Å². The lowest BCUT2D eigenvalue weighted by atomic mass is 10.1. The molecule has 0 spiro atoms. The molecule has 1 aromatic carbocycles. The monoisotopic (exact) mass is 286 g/mol. The van der Waals surface area contributed by atoms with Crippen LogP contribution in [0.25, 0.3) is 6.08 Å². The molecule has 0 aliphatic heterocycles. The number of carboxylic acids is 1. The van der Waals surface area contributed by atoms with Gasteiger partial charge >= 0.3 is 12.0 Å². The van der Waals surface area contributed by atoms with Gasteiger partial charge in [-0.2, -0.15) is 0 Å². The third-order valence-corrected chi connectivity index (χ3v) is 2.62. The van der Waals surface area contributed by atoms with Crippen LogP contribution in [-0.2, 0) is 11.2 Å². The Morgan fingerprint density at radius 2 is 1.95 bits per heavy atom. The number of carbonyl (C=O) groups is 1. The predicted octanol–water partition coefficient (Wildman–Crippen LogP) is 1.90. The molecule has 0 aliphatic carbocycles. The SMILES string of the molecule is O=C(O)/C=C/c1cnc(Oc2ccccc2CCO)nc1. The molecule has 0 radical (unpaired) electrons. The summed E-state index contributed by atoms with van der Waals surface area (Å²) in [4.78, 5) is 18.4. The van der Waals surface area contributed by atoms with Crippen LogP contribution in [0.5, 0.6) is 11.8 Å². The van der Waals surface area contributed by atoms with Crippen LogP contribution < -0.4 is 4.74 Å².